The van der Waals surface area contributed by atoms with Crippen molar-refractivity contribution in [2.24, 2.45) is 5.41 Å². The van der Waals surface area contributed by atoms with Crippen LogP contribution in [0.25, 0.3) is 0 Å². The second-order valence-electron chi connectivity index (χ2n) is 5.81. The highest BCUT2D eigenvalue weighted by Gasteiger charge is 2.70. The standard InChI is InChI=1S/C13H18BrF2N3/c14-10-7-18-19(8-10)6-5-17-11-1-3-12(4-2-11)9-13(12,15)16/h7-8,11,17H,1-6,9H2. The van der Waals surface area contributed by atoms with Gasteiger partial charge in [0.15, 0.2) is 0 Å². The number of rotatable bonds is 4. The maximum absolute atomic E-state index is 13.2. The lowest BCUT2D eigenvalue weighted by molar-refractivity contribution is 0.0438. The van der Waals surface area contributed by atoms with Crippen molar-refractivity contribution in [1.29, 1.82) is 0 Å². The molecule has 3 rings (SSSR count). The Bertz CT molecular complexity index is 452. The molecule has 1 N–H and O–H groups in total. The van der Waals surface area contributed by atoms with Crippen molar-refractivity contribution in [1.82, 2.24) is 15.1 Å². The van der Waals surface area contributed by atoms with Gasteiger partial charge in [-0.15, -0.1) is 0 Å². The van der Waals surface area contributed by atoms with Crippen molar-refractivity contribution in [3.63, 3.8) is 0 Å². The van der Waals surface area contributed by atoms with E-state index in [0.717, 1.165) is 30.4 Å². The SMILES string of the molecule is FC1(F)CC12CCC(NCCn1cc(Br)cn1)CC2. The van der Waals surface area contributed by atoms with Gasteiger partial charge in [-0.05, 0) is 41.6 Å². The molecule has 1 aromatic rings. The summed E-state index contributed by atoms with van der Waals surface area (Å²) in [6.45, 7) is 1.64. The van der Waals surface area contributed by atoms with Gasteiger partial charge in [0.1, 0.15) is 0 Å². The molecule has 3 nitrogen and oxygen atoms in total. The minimum absolute atomic E-state index is 0.119. The topological polar surface area (TPSA) is 29.9 Å². The molecule has 0 atom stereocenters. The lowest BCUT2D eigenvalue weighted by Gasteiger charge is -2.29. The molecule has 1 heterocycles. The van der Waals surface area contributed by atoms with Crippen LogP contribution >= 0.6 is 15.9 Å². The molecule has 2 saturated carbocycles. The highest BCUT2D eigenvalue weighted by Crippen LogP contribution is 2.67. The third kappa shape index (κ3) is 2.70. The van der Waals surface area contributed by atoms with Crippen LogP contribution in [0.3, 0.4) is 0 Å². The first-order chi connectivity index (χ1) is 9.01. The van der Waals surface area contributed by atoms with Gasteiger partial charge >= 0.3 is 0 Å². The Balaban J connectivity index is 1.39. The quantitative estimate of drug-likeness (QED) is 0.916. The molecule has 0 amide bonds. The third-order valence-corrected chi connectivity index (χ3v) is 4.94. The minimum atomic E-state index is -2.38. The smallest absolute Gasteiger partial charge is 0.254 e. The first-order valence-electron chi connectivity index (χ1n) is 6.80. The van der Waals surface area contributed by atoms with Crippen molar-refractivity contribution < 1.29 is 8.78 Å². The zero-order valence-corrected chi connectivity index (χ0v) is 12.3. The van der Waals surface area contributed by atoms with Crippen LogP contribution in [0.1, 0.15) is 32.1 Å². The molecule has 0 unspecified atom stereocenters. The molecule has 106 valence electrons. The van der Waals surface area contributed by atoms with E-state index in [2.05, 4.69) is 26.3 Å². The maximum Gasteiger partial charge on any atom is 0.254 e. The van der Waals surface area contributed by atoms with Gasteiger partial charge in [0.25, 0.3) is 5.92 Å². The van der Waals surface area contributed by atoms with Crippen LogP contribution in [0.15, 0.2) is 16.9 Å². The van der Waals surface area contributed by atoms with E-state index in [0.29, 0.717) is 18.9 Å². The van der Waals surface area contributed by atoms with Gasteiger partial charge < -0.3 is 5.32 Å². The fourth-order valence-electron chi connectivity index (χ4n) is 3.14. The molecular formula is C13H18BrF2N3. The van der Waals surface area contributed by atoms with Gasteiger partial charge in [0.05, 0.1) is 17.2 Å². The largest absolute Gasteiger partial charge is 0.312 e. The van der Waals surface area contributed by atoms with Crippen LogP contribution in [-0.4, -0.2) is 28.3 Å². The van der Waals surface area contributed by atoms with E-state index in [-0.39, 0.29) is 6.42 Å². The van der Waals surface area contributed by atoms with Gasteiger partial charge in [-0.1, -0.05) is 0 Å². The van der Waals surface area contributed by atoms with Crippen LogP contribution in [0, 0.1) is 5.41 Å². The number of hydrogen-bond donors (Lipinski definition) is 1. The Morgan fingerprint density at radius 1 is 1.42 bits per heavy atom. The number of aromatic nitrogens is 2. The summed E-state index contributed by atoms with van der Waals surface area (Å²) in [5.41, 5.74) is -0.627. The Hall–Kier alpha value is -0.490. The molecule has 2 aliphatic rings. The molecule has 1 aromatic heterocycles. The van der Waals surface area contributed by atoms with Crippen LogP contribution in [0.2, 0.25) is 0 Å². The molecular weight excluding hydrogens is 316 g/mol. The highest BCUT2D eigenvalue weighted by molar-refractivity contribution is 9.10. The van der Waals surface area contributed by atoms with E-state index < -0.39 is 11.3 Å². The Labute approximate surface area is 119 Å². The highest BCUT2D eigenvalue weighted by atomic mass is 79.9. The zero-order chi connectivity index (χ0) is 13.5. The summed E-state index contributed by atoms with van der Waals surface area (Å²) >= 11 is 3.36. The van der Waals surface area contributed by atoms with Gasteiger partial charge in [-0.3, -0.25) is 4.68 Å². The monoisotopic (exact) mass is 333 g/mol. The van der Waals surface area contributed by atoms with Crippen molar-refractivity contribution in [2.45, 2.75) is 50.6 Å². The molecule has 1 spiro atoms. The number of halogens is 3. The second kappa shape index (κ2) is 4.81. The van der Waals surface area contributed by atoms with E-state index in [9.17, 15) is 8.78 Å². The van der Waals surface area contributed by atoms with Gasteiger partial charge in [-0.2, -0.15) is 5.10 Å². The van der Waals surface area contributed by atoms with Crippen LogP contribution in [0.5, 0.6) is 0 Å². The molecule has 0 radical (unpaired) electrons. The second-order valence-corrected chi connectivity index (χ2v) is 6.73. The van der Waals surface area contributed by atoms with Gasteiger partial charge in [0.2, 0.25) is 0 Å². The summed E-state index contributed by atoms with van der Waals surface area (Å²) < 4.78 is 29.3. The first-order valence-corrected chi connectivity index (χ1v) is 7.59. The lowest BCUT2D eigenvalue weighted by atomic mass is 9.83. The molecule has 19 heavy (non-hydrogen) atoms. The fourth-order valence-corrected chi connectivity index (χ4v) is 3.47. The van der Waals surface area contributed by atoms with E-state index >= 15 is 0 Å². The zero-order valence-electron chi connectivity index (χ0n) is 10.7. The number of alkyl halides is 2. The summed E-state index contributed by atoms with van der Waals surface area (Å²) in [4.78, 5) is 0. The molecule has 0 aliphatic heterocycles. The average Bonchev–Trinajstić information content (AvgIpc) is 2.70. The molecule has 0 saturated heterocycles. The Morgan fingerprint density at radius 3 is 2.63 bits per heavy atom. The summed E-state index contributed by atoms with van der Waals surface area (Å²) in [5, 5.41) is 7.63. The molecule has 2 aliphatic carbocycles. The average molecular weight is 334 g/mol. The van der Waals surface area contributed by atoms with E-state index in [1.165, 1.54) is 0 Å². The van der Waals surface area contributed by atoms with Crippen molar-refractivity contribution in [3.05, 3.63) is 16.9 Å². The van der Waals surface area contributed by atoms with E-state index in [1.807, 2.05) is 10.9 Å². The van der Waals surface area contributed by atoms with Crippen LogP contribution in [-0.2, 0) is 6.54 Å². The lowest BCUT2D eigenvalue weighted by Crippen LogP contribution is -2.36. The number of nitrogens with one attached hydrogen (secondary N) is 1. The molecule has 2 fully saturated rings. The van der Waals surface area contributed by atoms with E-state index in [4.69, 9.17) is 0 Å². The summed E-state index contributed by atoms with van der Waals surface area (Å²) in [6, 6.07) is 0.390. The number of nitrogens with zero attached hydrogens (tertiary/aromatic N) is 2. The summed E-state index contributed by atoms with van der Waals surface area (Å²) in [5.74, 6) is -2.38. The maximum atomic E-state index is 13.2. The Kier molecular flexibility index (Phi) is 3.41. The predicted octanol–water partition coefficient (Wildman–Crippen LogP) is 3.20. The van der Waals surface area contributed by atoms with Gasteiger partial charge in [0, 0.05) is 30.6 Å². The fraction of sp³-hybridized carbons (Fsp3) is 0.769. The van der Waals surface area contributed by atoms with Crippen molar-refractivity contribution >= 4 is 15.9 Å². The minimum Gasteiger partial charge on any atom is -0.312 e. The third-order valence-electron chi connectivity index (χ3n) is 4.53. The normalized spacial score (nSPS) is 32.7. The van der Waals surface area contributed by atoms with Crippen molar-refractivity contribution in [2.75, 3.05) is 6.54 Å². The summed E-state index contributed by atoms with van der Waals surface area (Å²) in [6.07, 6.45) is 6.91. The van der Waals surface area contributed by atoms with Crippen LogP contribution < -0.4 is 5.32 Å². The summed E-state index contributed by atoms with van der Waals surface area (Å²) in [7, 11) is 0. The van der Waals surface area contributed by atoms with E-state index in [1.54, 1.807) is 6.20 Å². The molecule has 6 heteroatoms. The molecule has 0 aromatic carbocycles. The Morgan fingerprint density at radius 2 is 2.11 bits per heavy atom. The predicted molar refractivity (Wildman–Crippen MR) is 72.2 cm³/mol. The number of hydrogen-bond acceptors (Lipinski definition) is 2. The van der Waals surface area contributed by atoms with Crippen LogP contribution in [0.4, 0.5) is 8.78 Å². The van der Waals surface area contributed by atoms with Crippen molar-refractivity contribution in [3.8, 4) is 0 Å². The van der Waals surface area contributed by atoms with Gasteiger partial charge in [-0.25, -0.2) is 8.78 Å². The first kappa shape index (κ1) is 13.5. The molecule has 0 bridgehead atoms.